The number of imidazole rings is 1. The van der Waals surface area contributed by atoms with Crippen LogP contribution in [0.25, 0.3) is 11.1 Å². The van der Waals surface area contributed by atoms with Crippen LogP contribution in [-0.2, 0) is 17.8 Å². The molecule has 2 aromatic carbocycles. The molecule has 0 bridgehead atoms. The van der Waals surface area contributed by atoms with E-state index in [0.717, 1.165) is 45.0 Å². The molecule has 0 radical (unpaired) electrons. The number of nitrogens with zero attached hydrogens (tertiary/aromatic N) is 3. The minimum absolute atomic E-state index is 0.105. The van der Waals surface area contributed by atoms with Crippen molar-refractivity contribution in [2.24, 2.45) is 4.99 Å². The quantitative estimate of drug-likeness (QED) is 0.414. The molecule has 1 aliphatic heterocycles. The second kappa shape index (κ2) is 10.5. The molecular formula is C26H33N5O. The van der Waals surface area contributed by atoms with E-state index in [0.29, 0.717) is 6.54 Å². The lowest BCUT2D eigenvalue weighted by atomic mass is 9.98. The lowest BCUT2D eigenvalue weighted by molar-refractivity contribution is 0.0243. The molecule has 1 saturated heterocycles. The van der Waals surface area contributed by atoms with Gasteiger partial charge in [-0.3, -0.25) is 0 Å². The first kappa shape index (κ1) is 22.1. The van der Waals surface area contributed by atoms with Crippen molar-refractivity contribution in [1.82, 2.24) is 20.2 Å². The first-order chi connectivity index (χ1) is 15.6. The zero-order chi connectivity index (χ0) is 22.2. The fraction of sp³-hybridized carbons (Fsp3) is 0.385. The van der Waals surface area contributed by atoms with Crippen molar-refractivity contribution in [3.8, 4) is 11.1 Å². The molecule has 168 valence electrons. The van der Waals surface area contributed by atoms with Gasteiger partial charge in [0.05, 0.1) is 18.5 Å². The van der Waals surface area contributed by atoms with E-state index in [1.165, 1.54) is 22.3 Å². The number of aromatic nitrogens is 2. The summed E-state index contributed by atoms with van der Waals surface area (Å²) in [6, 6.07) is 17.2. The Hall–Kier alpha value is -3.12. The van der Waals surface area contributed by atoms with Crippen molar-refractivity contribution in [1.29, 1.82) is 0 Å². The average Bonchev–Trinajstić information content (AvgIpc) is 3.49. The van der Waals surface area contributed by atoms with Crippen LogP contribution >= 0.6 is 0 Å². The lowest BCUT2D eigenvalue weighted by Gasteiger charge is -2.24. The summed E-state index contributed by atoms with van der Waals surface area (Å²) in [6.07, 6.45) is 7.84. The molecule has 0 saturated carbocycles. The topological polar surface area (TPSA) is 63.5 Å². The normalized spacial score (nSPS) is 18.6. The standard InChI is InChI=1S/C26H33N5O/c1-3-28-25(30-19-26(2)13-6-16-32-26)29-17-23-7-4-5-8-24(23)22-11-9-21(10-12-22)18-31-15-14-27-20-31/h4-5,7-12,14-15,20H,3,6,13,16-19H2,1-2H3,(H2,28,29,30). The molecule has 0 aliphatic carbocycles. The number of nitrogens with one attached hydrogen (secondary N) is 2. The van der Waals surface area contributed by atoms with Crippen LogP contribution in [0.5, 0.6) is 0 Å². The number of benzene rings is 2. The summed E-state index contributed by atoms with van der Waals surface area (Å²) < 4.78 is 7.97. The van der Waals surface area contributed by atoms with E-state index in [1.807, 2.05) is 18.7 Å². The minimum atomic E-state index is -0.105. The molecule has 1 aromatic heterocycles. The molecule has 6 nitrogen and oxygen atoms in total. The zero-order valence-electron chi connectivity index (χ0n) is 19.1. The van der Waals surface area contributed by atoms with Crippen molar-refractivity contribution < 1.29 is 4.74 Å². The average molecular weight is 432 g/mol. The van der Waals surface area contributed by atoms with E-state index in [2.05, 4.69) is 82.6 Å². The number of aliphatic imine (C=N–C) groups is 1. The van der Waals surface area contributed by atoms with Crippen LogP contribution in [0.15, 0.2) is 72.2 Å². The maximum Gasteiger partial charge on any atom is 0.191 e. The fourth-order valence-electron chi connectivity index (χ4n) is 4.07. The van der Waals surface area contributed by atoms with Gasteiger partial charge < -0.3 is 19.9 Å². The molecular weight excluding hydrogens is 398 g/mol. The van der Waals surface area contributed by atoms with Gasteiger partial charge in [0.15, 0.2) is 5.96 Å². The third kappa shape index (κ3) is 5.77. The maximum absolute atomic E-state index is 5.90. The van der Waals surface area contributed by atoms with Crippen LogP contribution in [0, 0.1) is 0 Å². The zero-order valence-corrected chi connectivity index (χ0v) is 19.1. The number of ether oxygens (including phenoxy) is 1. The van der Waals surface area contributed by atoms with Crippen molar-refractivity contribution in [3.05, 3.63) is 78.4 Å². The van der Waals surface area contributed by atoms with Crippen molar-refractivity contribution in [3.63, 3.8) is 0 Å². The molecule has 3 aromatic rings. The molecule has 0 spiro atoms. The number of hydrogen-bond donors (Lipinski definition) is 2. The van der Waals surface area contributed by atoms with Crippen molar-refractivity contribution in [2.45, 2.75) is 45.4 Å². The van der Waals surface area contributed by atoms with Crippen LogP contribution in [0.4, 0.5) is 0 Å². The fourth-order valence-corrected chi connectivity index (χ4v) is 4.07. The molecule has 1 atom stereocenters. The molecule has 0 amide bonds. The van der Waals surface area contributed by atoms with Gasteiger partial charge in [-0.05, 0) is 48.9 Å². The van der Waals surface area contributed by atoms with Gasteiger partial charge in [0.25, 0.3) is 0 Å². The minimum Gasteiger partial charge on any atom is -0.373 e. The molecule has 2 N–H and O–H groups in total. The van der Waals surface area contributed by atoms with Crippen LogP contribution in [0.1, 0.15) is 37.8 Å². The van der Waals surface area contributed by atoms with Crippen molar-refractivity contribution >= 4 is 5.96 Å². The molecule has 32 heavy (non-hydrogen) atoms. The highest BCUT2D eigenvalue weighted by Crippen LogP contribution is 2.26. The molecule has 2 heterocycles. The highest BCUT2D eigenvalue weighted by Gasteiger charge is 2.29. The van der Waals surface area contributed by atoms with E-state index < -0.39 is 0 Å². The summed E-state index contributed by atoms with van der Waals surface area (Å²) in [5.74, 6) is 0.828. The van der Waals surface area contributed by atoms with Crippen LogP contribution in [-0.4, -0.2) is 40.8 Å². The second-order valence-corrected chi connectivity index (χ2v) is 8.54. The van der Waals surface area contributed by atoms with Gasteiger partial charge >= 0.3 is 0 Å². The lowest BCUT2D eigenvalue weighted by Crippen LogP contribution is -2.45. The van der Waals surface area contributed by atoms with Gasteiger partial charge in [0.1, 0.15) is 0 Å². The summed E-state index contributed by atoms with van der Waals surface area (Å²) in [5, 5.41) is 6.83. The Kier molecular flexibility index (Phi) is 7.22. The van der Waals surface area contributed by atoms with E-state index in [1.54, 1.807) is 0 Å². The number of guanidine groups is 1. The maximum atomic E-state index is 5.90. The van der Waals surface area contributed by atoms with Gasteiger partial charge in [-0.15, -0.1) is 0 Å². The van der Waals surface area contributed by atoms with E-state index in [9.17, 15) is 0 Å². The summed E-state index contributed by atoms with van der Waals surface area (Å²) in [6.45, 7) is 8.13. The molecule has 1 unspecified atom stereocenters. The third-order valence-corrected chi connectivity index (χ3v) is 5.89. The number of rotatable bonds is 8. The van der Waals surface area contributed by atoms with E-state index >= 15 is 0 Å². The smallest absolute Gasteiger partial charge is 0.191 e. The molecule has 4 rings (SSSR count). The van der Waals surface area contributed by atoms with E-state index in [-0.39, 0.29) is 5.60 Å². The Morgan fingerprint density at radius 1 is 1.16 bits per heavy atom. The first-order valence-electron chi connectivity index (χ1n) is 11.4. The Morgan fingerprint density at radius 3 is 2.72 bits per heavy atom. The Labute approximate surface area is 190 Å². The summed E-state index contributed by atoms with van der Waals surface area (Å²) in [5.41, 5.74) is 4.77. The van der Waals surface area contributed by atoms with Crippen LogP contribution < -0.4 is 10.6 Å². The third-order valence-electron chi connectivity index (χ3n) is 5.89. The van der Waals surface area contributed by atoms with Gasteiger partial charge in [0.2, 0.25) is 0 Å². The van der Waals surface area contributed by atoms with E-state index in [4.69, 9.17) is 9.73 Å². The Morgan fingerprint density at radius 2 is 2.00 bits per heavy atom. The van der Waals surface area contributed by atoms with Gasteiger partial charge in [0, 0.05) is 38.6 Å². The highest BCUT2D eigenvalue weighted by atomic mass is 16.5. The van der Waals surface area contributed by atoms with Gasteiger partial charge in [-0.2, -0.15) is 0 Å². The van der Waals surface area contributed by atoms with Gasteiger partial charge in [-0.1, -0.05) is 48.5 Å². The Bertz CT molecular complexity index is 1000. The Balaban J connectivity index is 1.45. The summed E-state index contributed by atoms with van der Waals surface area (Å²) >= 11 is 0. The largest absolute Gasteiger partial charge is 0.373 e. The highest BCUT2D eigenvalue weighted by molar-refractivity contribution is 5.80. The monoisotopic (exact) mass is 431 g/mol. The predicted molar refractivity (Wildman–Crippen MR) is 130 cm³/mol. The molecule has 6 heteroatoms. The summed E-state index contributed by atoms with van der Waals surface area (Å²) in [7, 11) is 0. The van der Waals surface area contributed by atoms with Crippen LogP contribution in [0.2, 0.25) is 0 Å². The first-order valence-corrected chi connectivity index (χ1v) is 11.4. The SMILES string of the molecule is CCNC(=NCc1ccccc1-c1ccc(Cn2ccnc2)cc1)NCC1(C)CCCO1. The molecule has 1 aliphatic rings. The second-order valence-electron chi connectivity index (χ2n) is 8.54. The molecule has 1 fully saturated rings. The van der Waals surface area contributed by atoms with Crippen LogP contribution in [0.3, 0.4) is 0 Å². The summed E-state index contributed by atoms with van der Waals surface area (Å²) in [4.78, 5) is 8.97. The predicted octanol–water partition coefficient (Wildman–Crippen LogP) is 4.22. The number of hydrogen-bond acceptors (Lipinski definition) is 3. The van der Waals surface area contributed by atoms with Crippen molar-refractivity contribution in [2.75, 3.05) is 19.7 Å². The van der Waals surface area contributed by atoms with Gasteiger partial charge in [-0.25, -0.2) is 9.98 Å².